The maximum atomic E-state index is 12.4. The largest absolute Gasteiger partial charge is 0.345 e. The Balaban J connectivity index is 1.70. The average molecular weight is 364 g/mol. The number of sulfone groups is 1. The van der Waals surface area contributed by atoms with E-state index in [4.69, 9.17) is 11.6 Å². The Bertz CT molecular complexity index is 876. The molecule has 1 N–H and O–H groups in total. The first kappa shape index (κ1) is 17.0. The van der Waals surface area contributed by atoms with Crippen LogP contribution in [0.5, 0.6) is 0 Å². The van der Waals surface area contributed by atoms with Gasteiger partial charge in [0, 0.05) is 16.8 Å². The predicted octanol–water partition coefficient (Wildman–Crippen LogP) is 3.30. The number of carbonyl (C=O) groups is 1. The van der Waals surface area contributed by atoms with E-state index in [1.807, 2.05) is 18.2 Å². The van der Waals surface area contributed by atoms with Gasteiger partial charge < -0.3 is 5.32 Å². The summed E-state index contributed by atoms with van der Waals surface area (Å²) < 4.78 is 22.6. The number of amides is 1. The van der Waals surface area contributed by atoms with Gasteiger partial charge >= 0.3 is 0 Å². The fraction of sp³-hybridized carbons (Fsp3) is 0.278. The molecule has 126 valence electrons. The molecule has 1 aliphatic rings. The molecule has 1 amide bonds. The molecule has 0 bridgehead atoms. The molecule has 4 nitrogen and oxygen atoms in total. The van der Waals surface area contributed by atoms with Crippen molar-refractivity contribution >= 4 is 27.3 Å². The number of nitrogens with one attached hydrogen (secondary N) is 1. The first-order valence-corrected chi connectivity index (χ1v) is 10.1. The van der Waals surface area contributed by atoms with Crippen LogP contribution in [-0.2, 0) is 22.0 Å². The monoisotopic (exact) mass is 363 g/mol. The van der Waals surface area contributed by atoms with Gasteiger partial charge in [-0.2, -0.15) is 0 Å². The van der Waals surface area contributed by atoms with Crippen molar-refractivity contribution in [2.45, 2.75) is 24.6 Å². The van der Waals surface area contributed by atoms with Gasteiger partial charge in [0.15, 0.2) is 9.84 Å². The van der Waals surface area contributed by atoms with E-state index in [2.05, 4.69) is 5.32 Å². The molecule has 0 aliphatic heterocycles. The summed E-state index contributed by atoms with van der Waals surface area (Å²) in [5.41, 5.74) is 3.49. The molecule has 1 unspecified atom stereocenters. The van der Waals surface area contributed by atoms with Crippen LogP contribution in [0.25, 0.3) is 0 Å². The van der Waals surface area contributed by atoms with Gasteiger partial charge in [-0.05, 0) is 53.8 Å². The molecule has 2 aromatic rings. The van der Waals surface area contributed by atoms with E-state index in [0.717, 1.165) is 18.4 Å². The van der Waals surface area contributed by atoms with E-state index in [-0.39, 0.29) is 17.7 Å². The summed E-state index contributed by atoms with van der Waals surface area (Å²) in [5.74, 6) is -0.181. The maximum Gasteiger partial charge on any atom is 0.251 e. The van der Waals surface area contributed by atoms with Crippen LogP contribution in [0.4, 0.5) is 0 Å². The lowest BCUT2D eigenvalue weighted by atomic mass is 10.1. The molecule has 0 fully saturated rings. The van der Waals surface area contributed by atoms with Gasteiger partial charge in [0.05, 0.1) is 11.8 Å². The van der Waals surface area contributed by atoms with E-state index in [1.54, 1.807) is 24.3 Å². The highest BCUT2D eigenvalue weighted by atomic mass is 35.5. The SMILES string of the molecule is CS(=O)(=O)Cc1ccc(C(=O)NC2CCc3cc(Cl)ccc32)cc1. The quantitative estimate of drug-likeness (QED) is 0.906. The topological polar surface area (TPSA) is 63.2 Å². The predicted molar refractivity (Wildman–Crippen MR) is 95.0 cm³/mol. The summed E-state index contributed by atoms with van der Waals surface area (Å²) in [4.78, 5) is 12.4. The van der Waals surface area contributed by atoms with Crippen molar-refractivity contribution in [2.24, 2.45) is 0 Å². The summed E-state index contributed by atoms with van der Waals surface area (Å²) in [6.45, 7) is 0. The lowest BCUT2D eigenvalue weighted by Gasteiger charge is -2.14. The van der Waals surface area contributed by atoms with Crippen molar-refractivity contribution in [3.8, 4) is 0 Å². The fourth-order valence-corrected chi connectivity index (χ4v) is 4.03. The van der Waals surface area contributed by atoms with E-state index in [9.17, 15) is 13.2 Å². The van der Waals surface area contributed by atoms with E-state index >= 15 is 0 Å². The lowest BCUT2D eigenvalue weighted by Crippen LogP contribution is -2.27. The van der Waals surface area contributed by atoms with Gasteiger partial charge in [-0.1, -0.05) is 29.8 Å². The summed E-state index contributed by atoms with van der Waals surface area (Å²) in [6, 6.07) is 12.4. The molecule has 0 saturated heterocycles. The number of halogens is 1. The molecule has 0 heterocycles. The molecule has 1 aliphatic carbocycles. The summed E-state index contributed by atoms with van der Waals surface area (Å²) >= 11 is 6.00. The van der Waals surface area contributed by atoms with Crippen LogP contribution in [0.2, 0.25) is 5.02 Å². The fourth-order valence-electron chi connectivity index (χ4n) is 3.03. The number of fused-ring (bicyclic) bond motifs is 1. The van der Waals surface area contributed by atoms with Crippen LogP contribution in [0, 0.1) is 0 Å². The molecule has 2 aromatic carbocycles. The standard InChI is InChI=1S/C18H18ClNO3S/c1-24(22,23)11-12-2-4-13(5-3-12)18(21)20-17-9-6-14-10-15(19)7-8-16(14)17/h2-5,7-8,10,17H,6,9,11H2,1H3,(H,20,21). The zero-order valence-corrected chi connectivity index (χ0v) is 14.8. The second-order valence-electron chi connectivity index (χ2n) is 6.17. The van der Waals surface area contributed by atoms with E-state index in [0.29, 0.717) is 16.1 Å². The van der Waals surface area contributed by atoms with Crippen LogP contribution in [0.3, 0.4) is 0 Å². The zero-order valence-electron chi connectivity index (χ0n) is 13.3. The molecule has 0 aromatic heterocycles. The first-order valence-electron chi connectivity index (χ1n) is 7.68. The first-order chi connectivity index (χ1) is 11.3. The number of aryl methyl sites for hydroxylation is 1. The molecule has 6 heteroatoms. The van der Waals surface area contributed by atoms with E-state index in [1.165, 1.54) is 11.8 Å². The molecular weight excluding hydrogens is 346 g/mol. The Morgan fingerprint density at radius 3 is 2.58 bits per heavy atom. The highest BCUT2D eigenvalue weighted by Gasteiger charge is 2.24. The van der Waals surface area contributed by atoms with Gasteiger partial charge in [-0.3, -0.25) is 4.79 Å². The summed E-state index contributed by atoms with van der Waals surface area (Å²) in [6.07, 6.45) is 2.94. The normalized spacial score (nSPS) is 16.7. The highest BCUT2D eigenvalue weighted by molar-refractivity contribution is 7.89. The average Bonchev–Trinajstić information content (AvgIpc) is 2.88. The number of hydrogen-bond acceptors (Lipinski definition) is 3. The molecule has 0 radical (unpaired) electrons. The maximum absolute atomic E-state index is 12.4. The van der Waals surface area contributed by atoms with Gasteiger partial charge in [-0.25, -0.2) is 8.42 Å². The molecule has 0 saturated carbocycles. The van der Waals surface area contributed by atoms with Crippen molar-refractivity contribution in [2.75, 3.05) is 6.26 Å². The minimum absolute atomic E-state index is 0.0135. The Hall–Kier alpha value is -1.85. The Morgan fingerprint density at radius 1 is 1.21 bits per heavy atom. The third-order valence-electron chi connectivity index (χ3n) is 4.13. The third-order valence-corrected chi connectivity index (χ3v) is 5.23. The molecule has 3 rings (SSSR count). The molecule has 0 spiro atoms. The zero-order chi connectivity index (χ0) is 17.3. The molecule has 1 atom stereocenters. The minimum Gasteiger partial charge on any atom is -0.345 e. The van der Waals surface area contributed by atoms with Crippen LogP contribution in [0.1, 0.15) is 39.5 Å². The van der Waals surface area contributed by atoms with Crippen molar-refractivity contribution < 1.29 is 13.2 Å². The number of benzene rings is 2. The number of hydrogen-bond donors (Lipinski definition) is 1. The van der Waals surface area contributed by atoms with Crippen LogP contribution < -0.4 is 5.32 Å². The van der Waals surface area contributed by atoms with Crippen LogP contribution in [-0.4, -0.2) is 20.6 Å². The van der Waals surface area contributed by atoms with Gasteiger partial charge in [-0.15, -0.1) is 0 Å². The smallest absolute Gasteiger partial charge is 0.251 e. The highest BCUT2D eigenvalue weighted by Crippen LogP contribution is 2.33. The minimum atomic E-state index is -3.08. The second kappa shape index (κ2) is 6.57. The van der Waals surface area contributed by atoms with Crippen molar-refractivity contribution in [3.05, 3.63) is 69.7 Å². The summed E-state index contributed by atoms with van der Waals surface area (Å²) in [5, 5.41) is 3.75. The number of rotatable bonds is 4. The van der Waals surface area contributed by atoms with Crippen molar-refractivity contribution in [3.63, 3.8) is 0 Å². The molecular formula is C18H18ClNO3S. The summed E-state index contributed by atoms with van der Waals surface area (Å²) in [7, 11) is -3.08. The number of carbonyl (C=O) groups excluding carboxylic acids is 1. The van der Waals surface area contributed by atoms with Crippen LogP contribution >= 0.6 is 11.6 Å². The Kier molecular flexibility index (Phi) is 4.65. The third kappa shape index (κ3) is 3.97. The Morgan fingerprint density at radius 2 is 1.92 bits per heavy atom. The van der Waals surface area contributed by atoms with Gasteiger partial charge in [0.1, 0.15) is 0 Å². The molecule has 24 heavy (non-hydrogen) atoms. The van der Waals surface area contributed by atoms with Crippen molar-refractivity contribution in [1.82, 2.24) is 5.32 Å². The van der Waals surface area contributed by atoms with E-state index < -0.39 is 9.84 Å². The van der Waals surface area contributed by atoms with Crippen LogP contribution in [0.15, 0.2) is 42.5 Å². The lowest BCUT2D eigenvalue weighted by molar-refractivity contribution is 0.0936. The second-order valence-corrected chi connectivity index (χ2v) is 8.75. The van der Waals surface area contributed by atoms with Gasteiger partial charge in [0.25, 0.3) is 5.91 Å². The van der Waals surface area contributed by atoms with Crippen molar-refractivity contribution in [1.29, 1.82) is 0 Å². The van der Waals surface area contributed by atoms with Gasteiger partial charge in [0.2, 0.25) is 0 Å². The Labute approximate surface area is 146 Å².